The minimum atomic E-state index is -0.00731. The van der Waals surface area contributed by atoms with Crippen LogP contribution in [0, 0.1) is 5.41 Å². The number of nitrogens with zero attached hydrogens (tertiary/aromatic N) is 2. The van der Waals surface area contributed by atoms with Gasteiger partial charge in [0.05, 0.1) is 21.7 Å². The van der Waals surface area contributed by atoms with Crippen molar-refractivity contribution in [3.63, 3.8) is 0 Å². The van der Waals surface area contributed by atoms with Gasteiger partial charge in [-0.2, -0.15) is 0 Å². The number of rotatable bonds is 5. The third kappa shape index (κ3) is 4.70. The van der Waals surface area contributed by atoms with Crippen LogP contribution in [0.15, 0.2) is 42.5 Å². The molecule has 1 amide bonds. The van der Waals surface area contributed by atoms with Crippen molar-refractivity contribution in [3.05, 3.63) is 63.6 Å². The second-order valence-corrected chi connectivity index (χ2v) is 11.9. The summed E-state index contributed by atoms with van der Waals surface area (Å²) >= 11 is 12.4. The van der Waals surface area contributed by atoms with E-state index in [0.717, 1.165) is 44.8 Å². The van der Waals surface area contributed by atoms with Crippen LogP contribution in [0.5, 0.6) is 5.75 Å². The van der Waals surface area contributed by atoms with Gasteiger partial charge in [-0.3, -0.25) is 4.79 Å². The van der Waals surface area contributed by atoms with Gasteiger partial charge in [0, 0.05) is 19.1 Å². The average Bonchev–Trinajstić information content (AvgIpc) is 3.44. The van der Waals surface area contributed by atoms with Crippen LogP contribution in [0.1, 0.15) is 68.8 Å². The molecule has 5 rings (SSSR count). The number of ether oxygens (including phenoxy) is 1. The van der Waals surface area contributed by atoms with E-state index in [9.17, 15) is 4.79 Å². The highest BCUT2D eigenvalue weighted by atomic mass is 35.5. The molecular weight excluding hydrogens is 479 g/mol. The van der Waals surface area contributed by atoms with Gasteiger partial charge in [-0.15, -0.1) is 0 Å². The Morgan fingerprint density at radius 3 is 2.29 bits per heavy atom. The van der Waals surface area contributed by atoms with E-state index in [0.29, 0.717) is 27.1 Å². The topological polar surface area (TPSA) is 32.8 Å². The van der Waals surface area contributed by atoms with E-state index < -0.39 is 0 Å². The lowest BCUT2D eigenvalue weighted by Crippen LogP contribution is -2.49. The monoisotopic (exact) mass is 514 g/mol. The molecule has 188 valence electrons. The van der Waals surface area contributed by atoms with Gasteiger partial charge in [0.15, 0.2) is 0 Å². The predicted molar refractivity (Wildman–Crippen MR) is 143 cm³/mol. The lowest BCUT2D eigenvalue weighted by molar-refractivity contribution is 0.0518. The molecule has 0 aromatic heterocycles. The molecule has 2 aliphatic heterocycles. The smallest absolute Gasteiger partial charge is 0.255 e. The fourth-order valence-corrected chi connectivity index (χ4v) is 6.91. The normalized spacial score (nSPS) is 24.7. The summed E-state index contributed by atoms with van der Waals surface area (Å²) in [6.07, 6.45) is 6.03. The highest BCUT2D eigenvalue weighted by molar-refractivity contribution is 6.43. The summed E-state index contributed by atoms with van der Waals surface area (Å²) in [5, 5.41) is 0.791. The zero-order chi connectivity index (χ0) is 24.8. The van der Waals surface area contributed by atoms with Gasteiger partial charge in [0.25, 0.3) is 5.91 Å². The second-order valence-electron chi connectivity index (χ2n) is 11.1. The first-order valence-corrected chi connectivity index (χ1v) is 13.7. The zero-order valence-corrected chi connectivity index (χ0v) is 22.5. The number of halogens is 2. The van der Waals surface area contributed by atoms with Crippen molar-refractivity contribution in [2.24, 2.45) is 5.41 Å². The van der Waals surface area contributed by atoms with E-state index in [1.54, 1.807) is 18.2 Å². The van der Waals surface area contributed by atoms with Crippen LogP contribution >= 0.6 is 23.2 Å². The number of carbonyl (C=O) groups is 1. The van der Waals surface area contributed by atoms with Gasteiger partial charge < -0.3 is 14.5 Å². The largest absolute Gasteiger partial charge is 0.491 e. The predicted octanol–water partition coefficient (Wildman–Crippen LogP) is 6.83. The van der Waals surface area contributed by atoms with Crippen LogP contribution in [-0.4, -0.2) is 54.0 Å². The van der Waals surface area contributed by atoms with Crippen molar-refractivity contribution in [1.82, 2.24) is 9.80 Å². The number of amides is 1. The van der Waals surface area contributed by atoms with Gasteiger partial charge in [-0.05, 0) is 99.7 Å². The van der Waals surface area contributed by atoms with Crippen molar-refractivity contribution in [2.75, 3.05) is 26.2 Å². The third-order valence-corrected chi connectivity index (χ3v) is 9.62. The second kappa shape index (κ2) is 9.61. The van der Waals surface area contributed by atoms with E-state index in [4.69, 9.17) is 27.9 Å². The molecule has 3 aliphatic rings. The molecule has 3 fully saturated rings. The molecule has 4 nitrogen and oxygen atoms in total. The summed E-state index contributed by atoms with van der Waals surface area (Å²) in [6, 6.07) is 14.7. The molecule has 0 bridgehead atoms. The molecule has 0 radical (unpaired) electrons. The number of piperidine rings is 2. The first kappa shape index (κ1) is 24.9. The fraction of sp³-hybridized carbons (Fsp3) is 0.552. The Kier molecular flexibility index (Phi) is 6.84. The molecule has 35 heavy (non-hydrogen) atoms. The first-order valence-electron chi connectivity index (χ1n) is 13.0. The van der Waals surface area contributed by atoms with Crippen molar-refractivity contribution >= 4 is 29.1 Å². The third-order valence-electron chi connectivity index (χ3n) is 8.81. The zero-order valence-electron chi connectivity index (χ0n) is 21.0. The van der Waals surface area contributed by atoms with Gasteiger partial charge in [-0.1, -0.05) is 48.3 Å². The Morgan fingerprint density at radius 1 is 1.00 bits per heavy atom. The quantitative estimate of drug-likeness (QED) is 0.438. The molecule has 2 aromatic rings. The molecular formula is C29H36Cl2N2O2. The van der Waals surface area contributed by atoms with Crippen LogP contribution in [0.25, 0.3) is 0 Å². The summed E-state index contributed by atoms with van der Waals surface area (Å²) in [5.74, 6) is 0.950. The summed E-state index contributed by atoms with van der Waals surface area (Å²) in [4.78, 5) is 17.6. The molecule has 2 heterocycles. The molecule has 2 aromatic carbocycles. The lowest BCUT2D eigenvalue weighted by Gasteiger charge is -2.43. The highest BCUT2D eigenvalue weighted by Crippen LogP contribution is 2.69. The van der Waals surface area contributed by atoms with Crippen LogP contribution in [0.4, 0.5) is 0 Å². The minimum Gasteiger partial charge on any atom is -0.491 e. The van der Waals surface area contributed by atoms with Crippen molar-refractivity contribution < 1.29 is 9.53 Å². The maximum absolute atomic E-state index is 13.0. The van der Waals surface area contributed by atoms with Crippen molar-refractivity contribution in [3.8, 4) is 5.75 Å². The SMILES string of the molecule is CC(C)Oc1ccc(C2(C)CC23CCN(C2CCN(C(=O)c4cccc(Cl)c4Cl)CC2)CC3)cc1. The standard InChI is InChI=1S/C29H36Cl2N2O2/c1-20(2)35-23-9-7-21(8-10-23)28(3)19-29(28)13-17-32(18-14-29)22-11-15-33(16-12-22)27(34)24-5-4-6-25(30)26(24)31/h4-10,20,22H,11-19H2,1-3H3. The van der Waals surface area contributed by atoms with E-state index in [1.807, 2.05) is 4.90 Å². The van der Waals surface area contributed by atoms with Crippen LogP contribution in [0.2, 0.25) is 10.0 Å². The van der Waals surface area contributed by atoms with Crippen LogP contribution in [-0.2, 0) is 5.41 Å². The molecule has 6 heteroatoms. The number of likely N-dealkylation sites (tertiary alicyclic amines) is 2. The van der Waals surface area contributed by atoms with Gasteiger partial charge in [-0.25, -0.2) is 0 Å². The Morgan fingerprint density at radius 2 is 1.66 bits per heavy atom. The molecule has 1 aliphatic carbocycles. The Labute approximate surface area is 219 Å². The maximum Gasteiger partial charge on any atom is 0.255 e. The Balaban J connectivity index is 1.14. The summed E-state index contributed by atoms with van der Waals surface area (Å²) in [7, 11) is 0. The maximum atomic E-state index is 13.0. The molecule has 1 atom stereocenters. The molecule has 0 N–H and O–H groups in total. The average molecular weight is 516 g/mol. The number of hydrogen-bond acceptors (Lipinski definition) is 3. The van der Waals surface area contributed by atoms with Crippen molar-refractivity contribution in [1.29, 1.82) is 0 Å². The molecule has 2 saturated heterocycles. The van der Waals surface area contributed by atoms with Gasteiger partial charge in [0.2, 0.25) is 0 Å². The first-order chi connectivity index (χ1) is 16.7. The van der Waals surface area contributed by atoms with Crippen LogP contribution in [0.3, 0.4) is 0 Å². The van der Waals surface area contributed by atoms with E-state index >= 15 is 0 Å². The van der Waals surface area contributed by atoms with Crippen LogP contribution < -0.4 is 4.74 Å². The van der Waals surface area contributed by atoms with E-state index in [-0.39, 0.29) is 17.4 Å². The van der Waals surface area contributed by atoms with Gasteiger partial charge in [0.1, 0.15) is 5.75 Å². The van der Waals surface area contributed by atoms with E-state index in [1.165, 1.54) is 24.8 Å². The molecule has 1 saturated carbocycles. The summed E-state index contributed by atoms with van der Waals surface area (Å²) in [5.41, 5.74) is 2.67. The Bertz CT molecular complexity index is 1070. The number of hydrogen-bond donors (Lipinski definition) is 0. The highest BCUT2D eigenvalue weighted by Gasteiger charge is 2.64. The summed E-state index contributed by atoms with van der Waals surface area (Å²) in [6.45, 7) is 10.4. The van der Waals surface area contributed by atoms with E-state index in [2.05, 4.69) is 49.9 Å². The number of carbonyl (C=O) groups excluding carboxylic acids is 1. The minimum absolute atomic E-state index is 0.00731. The Hall–Kier alpha value is -1.75. The fourth-order valence-electron chi connectivity index (χ4n) is 6.53. The van der Waals surface area contributed by atoms with Gasteiger partial charge >= 0.3 is 0 Å². The lowest BCUT2D eigenvalue weighted by atomic mass is 9.80. The summed E-state index contributed by atoms with van der Waals surface area (Å²) < 4.78 is 5.84. The molecule has 1 unspecified atom stereocenters. The molecule has 1 spiro atoms. The number of benzene rings is 2. The van der Waals surface area contributed by atoms with Crippen molar-refractivity contribution in [2.45, 2.75) is 70.4 Å².